The zero-order valence-corrected chi connectivity index (χ0v) is 29.8. The molecule has 0 saturated carbocycles. The number of carbonyl (C=O) groups is 2. The lowest BCUT2D eigenvalue weighted by molar-refractivity contribution is 0.0553. The normalized spacial score (nSPS) is 15.1. The minimum absolute atomic E-state index is 0.00585. The van der Waals surface area contributed by atoms with Crippen molar-refractivity contribution in [2.45, 2.75) is 78.2 Å². The number of fused-ring (bicyclic) bond motifs is 1. The van der Waals surface area contributed by atoms with Crippen LogP contribution in [0, 0.1) is 0 Å². The molecule has 1 fully saturated rings. The summed E-state index contributed by atoms with van der Waals surface area (Å²) in [5.41, 5.74) is 2.70. The van der Waals surface area contributed by atoms with Gasteiger partial charge in [-0.05, 0) is 100 Å². The molecule has 0 aliphatic carbocycles. The van der Waals surface area contributed by atoms with E-state index in [0.717, 1.165) is 34.1 Å². The Kier molecular flexibility index (Phi) is 10.1. The van der Waals surface area contributed by atoms with Crippen LogP contribution in [0.5, 0.6) is 5.75 Å². The van der Waals surface area contributed by atoms with Crippen molar-refractivity contribution in [2.75, 3.05) is 6.54 Å². The van der Waals surface area contributed by atoms with Gasteiger partial charge >= 0.3 is 12.2 Å². The average molecular weight is 690 g/mol. The van der Waals surface area contributed by atoms with Crippen molar-refractivity contribution in [2.24, 2.45) is 4.99 Å². The topological polar surface area (TPSA) is 128 Å². The molecule has 4 aromatic carbocycles. The maximum Gasteiger partial charge on any atom is 0.437 e. The van der Waals surface area contributed by atoms with Crippen LogP contribution in [0.3, 0.4) is 0 Å². The number of likely N-dealkylation sites (tertiary alicyclic amines) is 1. The van der Waals surface area contributed by atoms with Gasteiger partial charge in [-0.25, -0.2) is 9.59 Å². The second-order valence-electron chi connectivity index (χ2n) is 14.4. The van der Waals surface area contributed by atoms with E-state index in [4.69, 9.17) is 23.7 Å². The van der Waals surface area contributed by atoms with Crippen LogP contribution in [-0.4, -0.2) is 50.9 Å². The van der Waals surface area contributed by atoms with Gasteiger partial charge in [0.1, 0.15) is 29.6 Å². The Bertz CT molecular complexity index is 2030. The summed E-state index contributed by atoms with van der Waals surface area (Å²) in [6.07, 6.45) is -0.204. The van der Waals surface area contributed by atoms with Crippen LogP contribution >= 0.6 is 0 Å². The van der Waals surface area contributed by atoms with E-state index in [-0.39, 0.29) is 5.96 Å². The van der Waals surface area contributed by atoms with Crippen molar-refractivity contribution in [1.29, 1.82) is 0 Å². The number of amides is 2. The number of ether oxygens (including phenoxy) is 3. The predicted octanol–water partition coefficient (Wildman–Crippen LogP) is 9.09. The van der Waals surface area contributed by atoms with E-state index >= 15 is 0 Å². The van der Waals surface area contributed by atoms with Crippen LogP contribution in [0.4, 0.5) is 9.59 Å². The van der Waals surface area contributed by atoms with Crippen molar-refractivity contribution in [1.82, 2.24) is 20.4 Å². The van der Waals surface area contributed by atoms with Crippen molar-refractivity contribution in [3.63, 3.8) is 0 Å². The number of guanidine groups is 1. The predicted molar refractivity (Wildman–Crippen MR) is 195 cm³/mol. The van der Waals surface area contributed by atoms with E-state index in [2.05, 4.69) is 51.9 Å². The molecule has 1 atom stereocenters. The molecular formula is C40H43N5O6. The van der Waals surface area contributed by atoms with Crippen molar-refractivity contribution in [3.8, 4) is 28.3 Å². The smallest absolute Gasteiger partial charge is 0.437 e. The van der Waals surface area contributed by atoms with Crippen molar-refractivity contribution in [3.05, 3.63) is 102 Å². The Labute approximate surface area is 297 Å². The Morgan fingerprint density at radius 3 is 2.24 bits per heavy atom. The first-order valence-electron chi connectivity index (χ1n) is 17.0. The molecule has 264 valence electrons. The van der Waals surface area contributed by atoms with E-state index < -0.39 is 29.4 Å². The summed E-state index contributed by atoms with van der Waals surface area (Å²) < 4.78 is 22.7. The Morgan fingerprint density at radius 1 is 0.843 bits per heavy atom. The Morgan fingerprint density at radius 2 is 1.51 bits per heavy atom. The van der Waals surface area contributed by atoms with Gasteiger partial charge in [0.25, 0.3) is 0 Å². The fraction of sp³-hybridized carbons (Fsp3) is 0.325. The lowest BCUT2D eigenvalue weighted by Crippen LogP contribution is -2.46. The van der Waals surface area contributed by atoms with E-state index in [1.54, 1.807) is 46.4 Å². The first-order chi connectivity index (χ1) is 24.3. The number of aromatic nitrogens is 2. The van der Waals surface area contributed by atoms with Crippen LogP contribution in [0.25, 0.3) is 33.3 Å². The first kappa shape index (κ1) is 35.1. The number of alkyl carbamates (subject to hydrolysis) is 1. The van der Waals surface area contributed by atoms with Gasteiger partial charge in [-0.15, -0.1) is 4.99 Å². The van der Waals surface area contributed by atoms with Gasteiger partial charge in [0.05, 0.1) is 0 Å². The molecule has 11 nitrogen and oxygen atoms in total. The molecule has 6 rings (SSSR count). The highest BCUT2D eigenvalue weighted by Crippen LogP contribution is 2.33. The number of rotatable bonds is 6. The number of nitrogens with one attached hydrogen (secondary N) is 1. The number of benzene rings is 4. The summed E-state index contributed by atoms with van der Waals surface area (Å²) in [6, 6.07) is 30.2. The second-order valence-corrected chi connectivity index (χ2v) is 14.4. The molecule has 1 aliphatic heterocycles. The van der Waals surface area contributed by atoms with Gasteiger partial charge in [-0.2, -0.15) is 4.98 Å². The summed E-state index contributed by atoms with van der Waals surface area (Å²) in [5.74, 6) is 1.53. The zero-order valence-electron chi connectivity index (χ0n) is 29.8. The molecule has 0 radical (unpaired) electrons. The van der Waals surface area contributed by atoms with Crippen LogP contribution in [0.2, 0.25) is 0 Å². The molecule has 1 aliphatic rings. The third-order valence-corrected chi connectivity index (χ3v) is 7.99. The average Bonchev–Trinajstić information content (AvgIpc) is 3.76. The minimum Gasteiger partial charge on any atom is -0.489 e. The monoisotopic (exact) mass is 689 g/mol. The van der Waals surface area contributed by atoms with E-state index in [9.17, 15) is 9.59 Å². The maximum absolute atomic E-state index is 12.8. The summed E-state index contributed by atoms with van der Waals surface area (Å²) >= 11 is 0. The molecule has 1 N–H and O–H groups in total. The fourth-order valence-corrected chi connectivity index (χ4v) is 5.74. The highest BCUT2D eigenvalue weighted by molar-refractivity contribution is 5.99. The van der Waals surface area contributed by atoms with Crippen LogP contribution in [0.15, 0.2) is 101 Å². The molecule has 5 aromatic rings. The van der Waals surface area contributed by atoms with Gasteiger partial charge in [0, 0.05) is 12.1 Å². The highest BCUT2D eigenvalue weighted by Gasteiger charge is 2.35. The lowest BCUT2D eigenvalue weighted by atomic mass is 10.0. The number of hydrogen-bond donors (Lipinski definition) is 1. The van der Waals surface area contributed by atoms with Gasteiger partial charge in [0.2, 0.25) is 17.7 Å². The number of nitrogens with zero attached hydrogens (tertiary/aromatic N) is 4. The van der Waals surface area contributed by atoms with E-state index in [1.165, 1.54) is 11.1 Å². The molecule has 1 unspecified atom stereocenters. The Balaban J connectivity index is 1.15. The molecule has 1 saturated heterocycles. The van der Waals surface area contributed by atoms with E-state index in [1.807, 2.05) is 54.6 Å². The van der Waals surface area contributed by atoms with Gasteiger partial charge in [-0.1, -0.05) is 78.0 Å². The molecule has 0 spiro atoms. The van der Waals surface area contributed by atoms with Gasteiger partial charge in [-0.3, -0.25) is 5.32 Å². The largest absolute Gasteiger partial charge is 0.489 e. The van der Waals surface area contributed by atoms with Crippen LogP contribution in [0.1, 0.15) is 71.9 Å². The molecule has 0 bridgehead atoms. The van der Waals surface area contributed by atoms with Crippen LogP contribution in [-0.2, 0) is 16.1 Å². The molecule has 2 heterocycles. The quantitative estimate of drug-likeness (QED) is 0.137. The summed E-state index contributed by atoms with van der Waals surface area (Å²) in [4.78, 5) is 36.1. The molecule has 2 amide bonds. The number of aliphatic imine (C=N–C) groups is 1. The number of hydrogen-bond acceptors (Lipinski definition) is 8. The molecule has 1 aromatic heterocycles. The number of carbonyl (C=O) groups excluding carboxylic acids is 2. The standard InChI is InChI=1S/C40H43N5O6/c1-39(2,3)49-37(46)42-36(43-38(47)50-40(4,5)6)45-22-10-13-33(45)35-41-34(44-51-35)31-19-18-30-24-32(21-20-29(30)23-31)48-25-26-14-16-28(17-15-26)27-11-8-7-9-12-27/h7-9,11-12,14-21,23-24,33H,10,13,22,25H2,1-6H3,(H,42,43,46,47). The van der Waals surface area contributed by atoms with Gasteiger partial charge in [0.15, 0.2) is 0 Å². The fourth-order valence-electron chi connectivity index (χ4n) is 5.74. The highest BCUT2D eigenvalue weighted by atomic mass is 16.6. The summed E-state index contributed by atoms with van der Waals surface area (Å²) in [5, 5.41) is 8.92. The summed E-state index contributed by atoms with van der Waals surface area (Å²) in [7, 11) is 0. The lowest BCUT2D eigenvalue weighted by Gasteiger charge is -2.27. The maximum atomic E-state index is 12.8. The molecular weight excluding hydrogens is 646 g/mol. The zero-order chi connectivity index (χ0) is 36.2. The minimum atomic E-state index is -0.840. The third-order valence-electron chi connectivity index (χ3n) is 7.99. The first-order valence-corrected chi connectivity index (χ1v) is 17.0. The SMILES string of the molecule is CC(C)(C)OC(=O)N=C(NC(=O)OC(C)(C)C)N1CCCC1c1nc(-c2ccc3cc(OCc4ccc(-c5ccccc5)cc4)ccc3c2)no1. The van der Waals surface area contributed by atoms with Crippen molar-refractivity contribution >= 4 is 28.9 Å². The molecule has 11 heteroatoms. The Hall–Kier alpha value is -5.71. The second kappa shape index (κ2) is 14.6. The van der Waals surface area contributed by atoms with Gasteiger partial charge < -0.3 is 23.6 Å². The summed E-state index contributed by atoms with van der Waals surface area (Å²) in [6.45, 7) is 11.4. The van der Waals surface area contributed by atoms with Crippen molar-refractivity contribution < 1.29 is 28.3 Å². The third kappa shape index (κ3) is 9.30. The van der Waals surface area contributed by atoms with Crippen LogP contribution < -0.4 is 10.1 Å². The molecule has 51 heavy (non-hydrogen) atoms. The van der Waals surface area contributed by atoms with E-state index in [0.29, 0.717) is 31.3 Å².